The summed E-state index contributed by atoms with van der Waals surface area (Å²) in [6, 6.07) is -0.742. The van der Waals surface area contributed by atoms with Crippen molar-refractivity contribution in [2.45, 2.75) is 44.6 Å². The van der Waals surface area contributed by atoms with Crippen LogP contribution in [-0.2, 0) is 10.0 Å². The lowest BCUT2D eigenvalue weighted by Gasteiger charge is -2.16. The summed E-state index contributed by atoms with van der Waals surface area (Å²) >= 11 is 0. The van der Waals surface area contributed by atoms with Gasteiger partial charge in [-0.15, -0.1) is 0 Å². The SMILES string of the molecule is CCCC(NS(=O)(=O)c1c(C)n[nH]c1C)/C(N)=N/O. The lowest BCUT2D eigenvalue weighted by Crippen LogP contribution is -2.44. The highest BCUT2D eigenvalue weighted by molar-refractivity contribution is 7.89. The summed E-state index contributed by atoms with van der Waals surface area (Å²) in [6.45, 7) is 5.09. The van der Waals surface area contributed by atoms with Gasteiger partial charge in [0.15, 0.2) is 5.84 Å². The van der Waals surface area contributed by atoms with Crippen LogP contribution in [-0.4, -0.2) is 35.7 Å². The molecule has 0 radical (unpaired) electrons. The molecule has 1 aromatic heterocycles. The highest BCUT2D eigenvalue weighted by Crippen LogP contribution is 2.17. The standard InChI is InChI=1S/C10H19N5O3S/c1-4-5-8(10(11)14-16)15-19(17,18)9-6(2)12-13-7(9)3/h8,15-16H,4-5H2,1-3H3,(H2,11,14)(H,12,13). The third-order valence-electron chi connectivity index (χ3n) is 2.68. The molecule has 5 N–H and O–H groups in total. The zero-order valence-corrected chi connectivity index (χ0v) is 12.0. The first-order valence-electron chi connectivity index (χ1n) is 5.84. The highest BCUT2D eigenvalue weighted by Gasteiger charge is 2.27. The fourth-order valence-electron chi connectivity index (χ4n) is 1.81. The molecule has 1 aromatic rings. The van der Waals surface area contributed by atoms with Crippen LogP contribution in [0.2, 0.25) is 0 Å². The first kappa shape index (κ1) is 15.4. The molecule has 1 unspecified atom stereocenters. The molecular formula is C10H19N5O3S. The first-order chi connectivity index (χ1) is 8.83. The van der Waals surface area contributed by atoms with Crippen LogP contribution >= 0.6 is 0 Å². The van der Waals surface area contributed by atoms with Gasteiger partial charge < -0.3 is 10.9 Å². The average molecular weight is 289 g/mol. The smallest absolute Gasteiger partial charge is 0.244 e. The molecule has 1 atom stereocenters. The van der Waals surface area contributed by atoms with Crippen molar-refractivity contribution in [2.75, 3.05) is 0 Å². The van der Waals surface area contributed by atoms with Gasteiger partial charge in [-0.3, -0.25) is 5.10 Å². The Hall–Kier alpha value is -1.61. The number of aryl methyl sites for hydroxylation is 2. The number of nitrogens with zero attached hydrogens (tertiary/aromatic N) is 2. The molecule has 1 heterocycles. The van der Waals surface area contributed by atoms with Crippen LogP contribution in [0.3, 0.4) is 0 Å². The molecule has 9 heteroatoms. The Morgan fingerprint density at radius 1 is 1.58 bits per heavy atom. The van der Waals surface area contributed by atoms with Crippen LogP contribution < -0.4 is 10.5 Å². The number of hydrogen-bond acceptors (Lipinski definition) is 5. The quantitative estimate of drug-likeness (QED) is 0.257. The van der Waals surface area contributed by atoms with Crippen molar-refractivity contribution in [1.29, 1.82) is 0 Å². The zero-order chi connectivity index (χ0) is 14.6. The topological polar surface area (TPSA) is 133 Å². The van der Waals surface area contributed by atoms with Crippen molar-refractivity contribution in [3.8, 4) is 0 Å². The van der Waals surface area contributed by atoms with E-state index in [9.17, 15) is 8.42 Å². The summed E-state index contributed by atoms with van der Waals surface area (Å²) < 4.78 is 27.0. The number of oxime groups is 1. The normalized spacial score (nSPS) is 14.6. The van der Waals surface area contributed by atoms with E-state index in [0.717, 1.165) is 0 Å². The maximum atomic E-state index is 12.3. The largest absolute Gasteiger partial charge is 0.409 e. The molecule has 0 aliphatic heterocycles. The minimum atomic E-state index is -3.77. The van der Waals surface area contributed by atoms with Crippen molar-refractivity contribution < 1.29 is 13.6 Å². The van der Waals surface area contributed by atoms with E-state index >= 15 is 0 Å². The van der Waals surface area contributed by atoms with E-state index in [1.54, 1.807) is 13.8 Å². The molecule has 0 saturated heterocycles. The monoisotopic (exact) mass is 289 g/mol. The van der Waals surface area contributed by atoms with Crippen LogP contribution in [0.25, 0.3) is 0 Å². The second-order valence-corrected chi connectivity index (χ2v) is 5.90. The third-order valence-corrected chi connectivity index (χ3v) is 4.41. The van der Waals surface area contributed by atoms with Gasteiger partial charge in [0.1, 0.15) is 4.90 Å². The molecule has 0 fully saturated rings. The predicted molar refractivity (Wildman–Crippen MR) is 70.5 cm³/mol. The number of aromatic nitrogens is 2. The maximum absolute atomic E-state index is 12.3. The predicted octanol–water partition coefficient (Wildman–Crippen LogP) is 0.220. The summed E-state index contributed by atoms with van der Waals surface area (Å²) in [6.07, 6.45) is 1.12. The van der Waals surface area contributed by atoms with Crippen LogP contribution in [0, 0.1) is 13.8 Å². The zero-order valence-electron chi connectivity index (χ0n) is 11.1. The molecule has 0 bridgehead atoms. The fraction of sp³-hybridized carbons (Fsp3) is 0.600. The molecule has 0 aliphatic rings. The number of rotatable bonds is 6. The third kappa shape index (κ3) is 3.44. The van der Waals surface area contributed by atoms with Gasteiger partial charge in [0.05, 0.1) is 17.4 Å². The van der Waals surface area contributed by atoms with Crippen LogP contribution in [0.5, 0.6) is 0 Å². The molecule has 1 rings (SSSR count). The molecule has 0 aromatic carbocycles. The molecule has 19 heavy (non-hydrogen) atoms. The Labute approximate surface area is 112 Å². The molecule has 0 spiro atoms. The Bertz CT molecular complexity index is 544. The Kier molecular flexibility index (Phi) is 4.90. The Morgan fingerprint density at radius 2 is 2.21 bits per heavy atom. The number of hydrogen-bond donors (Lipinski definition) is 4. The summed E-state index contributed by atoms with van der Waals surface area (Å²) in [7, 11) is -3.77. The number of amidine groups is 1. The van der Waals surface area contributed by atoms with Crippen molar-refractivity contribution in [2.24, 2.45) is 10.9 Å². The van der Waals surface area contributed by atoms with Gasteiger partial charge in [-0.05, 0) is 20.3 Å². The summed E-state index contributed by atoms with van der Waals surface area (Å²) in [4.78, 5) is 0.0966. The number of sulfonamides is 1. The van der Waals surface area contributed by atoms with Crippen molar-refractivity contribution in [3.05, 3.63) is 11.4 Å². The van der Waals surface area contributed by atoms with Gasteiger partial charge in [0.25, 0.3) is 0 Å². The van der Waals surface area contributed by atoms with E-state index in [4.69, 9.17) is 10.9 Å². The van der Waals surface area contributed by atoms with Crippen molar-refractivity contribution in [1.82, 2.24) is 14.9 Å². The second kappa shape index (κ2) is 6.02. The minimum Gasteiger partial charge on any atom is -0.409 e. The van der Waals surface area contributed by atoms with Crippen LogP contribution in [0.1, 0.15) is 31.2 Å². The number of H-pyrrole nitrogens is 1. The molecule has 8 nitrogen and oxygen atoms in total. The summed E-state index contributed by atoms with van der Waals surface area (Å²) in [5.41, 5.74) is 6.31. The highest BCUT2D eigenvalue weighted by atomic mass is 32.2. The van der Waals surface area contributed by atoms with E-state index in [0.29, 0.717) is 24.2 Å². The molecule has 0 aliphatic carbocycles. The molecule has 108 valence electrons. The van der Waals surface area contributed by atoms with Crippen LogP contribution in [0.4, 0.5) is 0 Å². The summed E-state index contributed by atoms with van der Waals surface area (Å²) in [5.74, 6) is -0.163. The molecular weight excluding hydrogens is 270 g/mol. The Balaban J connectivity index is 3.08. The molecule has 0 saturated carbocycles. The van der Waals surface area contributed by atoms with E-state index in [1.807, 2.05) is 6.92 Å². The lowest BCUT2D eigenvalue weighted by atomic mass is 10.2. The van der Waals surface area contributed by atoms with Crippen molar-refractivity contribution in [3.63, 3.8) is 0 Å². The van der Waals surface area contributed by atoms with Gasteiger partial charge in [-0.2, -0.15) is 5.10 Å². The van der Waals surface area contributed by atoms with Gasteiger partial charge in [0, 0.05) is 0 Å². The van der Waals surface area contributed by atoms with E-state index < -0.39 is 16.1 Å². The number of aromatic amines is 1. The van der Waals surface area contributed by atoms with Gasteiger partial charge in [-0.25, -0.2) is 13.1 Å². The number of nitrogens with one attached hydrogen (secondary N) is 2. The van der Waals surface area contributed by atoms with Gasteiger partial charge in [-0.1, -0.05) is 18.5 Å². The summed E-state index contributed by atoms with van der Waals surface area (Å²) in [5, 5.41) is 18.0. The molecule has 0 amide bonds. The Morgan fingerprint density at radius 3 is 2.63 bits per heavy atom. The second-order valence-electron chi connectivity index (χ2n) is 4.25. The fourth-order valence-corrected chi connectivity index (χ4v) is 3.42. The maximum Gasteiger partial charge on any atom is 0.244 e. The van der Waals surface area contributed by atoms with E-state index in [2.05, 4.69) is 20.1 Å². The van der Waals surface area contributed by atoms with Gasteiger partial charge in [0.2, 0.25) is 10.0 Å². The first-order valence-corrected chi connectivity index (χ1v) is 7.33. The van der Waals surface area contributed by atoms with Crippen molar-refractivity contribution >= 4 is 15.9 Å². The van der Waals surface area contributed by atoms with Gasteiger partial charge >= 0.3 is 0 Å². The van der Waals surface area contributed by atoms with Crippen LogP contribution in [0.15, 0.2) is 10.1 Å². The lowest BCUT2D eigenvalue weighted by molar-refractivity contribution is 0.315. The minimum absolute atomic E-state index is 0.0966. The number of nitrogens with two attached hydrogens (primary N) is 1. The van der Waals surface area contributed by atoms with E-state index in [1.165, 1.54) is 0 Å². The average Bonchev–Trinajstić information content (AvgIpc) is 2.67. The van der Waals surface area contributed by atoms with E-state index in [-0.39, 0.29) is 10.7 Å².